The molecule has 0 saturated heterocycles. The Hall–Kier alpha value is -3.48. The second-order valence-electron chi connectivity index (χ2n) is 8.14. The van der Waals surface area contributed by atoms with Gasteiger partial charge in [-0.25, -0.2) is 0 Å². The SMILES string of the molecule is Cc1cc(C=C(C#N)C2Nc3ccccc3N2)c(C)n1-c1sc2c(c1C#N)CCCC2. The van der Waals surface area contributed by atoms with Crippen molar-refractivity contribution < 1.29 is 0 Å². The third kappa shape index (κ3) is 3.21. The van der Waals surface area contributed by atoms with E-state index in [9.17, 15) is 10.5 Å². The Labute approximate surface area is 186 Å². The number of rotatable bonds is 3. The van der Waals surface area contributed by atoms with Gasteiger partial charge >= 0.3 is 0 Å². The van der Waals surface area contributed by atoms with Crippen LogP contribution in [0.5, 0.6) is 0 Å². The number of thiophene rings is 1. The van der Waals surface area contributed by atoms with Crippen molar-refractivity contribution in [1.29, 1.82) is 10.5 Å². The molecule has 3 aromatic rings. The number of anilines is 2. The Morgan fingerprint density at radius 1 is 1.13 bits per heavy atom. The van der Waals surface area contributed by atoms with Crippen molar-refractivity contribution in [3.05, 3.63) is 68.9 Å². The van der Waals surface area contributed by atoms with Gasteiger partial charge in [0.2, 0.25) is 0 Å². The van der Waals surface area contributed by atoms with Gasteiger partial charge in [-0.3, -0.25) is 0 Å². The average Bonchev–Trinajstić information content (AvgIpc) is 3.44. The Morgan fingerprint density at radius 2 is 1.84 bits per heavy atom. The maximum absolute atomic E-state index is 9.90. The van der Waals surface area contributed by atoms with Gasteiger partial charge in [0.1, 0.15) is 17.2 Å². The molecular weight excluding hydrogens is 402 g/mol. The Morgan fingerprint density at radius 3 is 2.52 bits per heavy atom. The number of benzene rings is 1. The molecule has 2 N–H and O–H groups in total. The molecule has 6 heteroatoms. The number of nitrogens with one attached hydrogen (secondary N) is 2. The van der Waals surface area contributed by atoms with Gasteiger partial charge < -0.3 is 15.2 Å². The van der Waals surface area contributed by atoms with Crippen LogP contribution in [0.1, 0.15) is 45.8 Å². The van der Waals surface area contributed by atoms with Gasteiger partial charge in [0.25, 0.3) is 0 Å². The molecular formula is C25H23N5S. The molecule has 3 heterocycles. The number of nitriles is 2. The summed E-state index contributed by atoms with van der Waals surface area (Å²) in [6.07, 6.45) is 6.12. The maximum Gasteiger partial charge on any atom is 0.133 e. The number of hydrogen-bond acceptors (Lipinski definition) is 5. The van der Waals surface area contributed by atoms with Gasteiger partial charge in [0.15, 0.2) is 0 Å². The molecule has 5 rings (SSSR count). The first kappa shape index (κ1) is 19.5. The van der Waals surface area contributed by atoms with Crippen molar-refractivity contribution >= 4 is 28.8 Å². The van der Waals surface area contributed by atoms with E-state index in [1.165, 1.54) is 16.9 Å². The van der Waals surface area contributed by atoms with E-state index in [4.69, 9.17) is 0 Å². The fourth-order valence-electron chi connectivity index (χ4n) is 4.66. The molecule has 31 heavy (non-hydrogen) atoms. The van der Waals surface area contributed by atoms with Crippen molar-refractivity contribution in [2.24, 2.45) is 0 Å². The lowest BCUT2D eigenvalue weighted by Gasteiger charge is -2.11. The Balaban J connectivity index is 1.54. The van der Waals surface area contributed by atoms with Crippen molar-refractivity contribution in [2.75, 3.05) is 10.6 Å². The van der Waals surface area contributed by atoms with Crippen LogP contribution in [-0.4, -0.2) is 10.7 Å². The highest BCUT2D eigenvalue weighted by molar-refractivity contribution is 7.15. The number of aromatic nitrogens is 1. The van der Waals surface area contributed by atoms with Crippen LogP contribution in [0, 0.1) is 36.5 Å². The van der Waals surface area contributed by atoms with Crippen LogP contribution in [0.4, 0.5) is 11.4 Å². The predicted octanol–water partition coefficient (Wildman–Crippen LogP) is 5.68. The third-order valence-electron chi connectivity index (χ3n) is 6.22. The number of aryl methyl sites for hydroxylation is 2. The highest BCUT2D eigenvalue weighted by Gasteiger charge is 2.25. The Bertz CT molecular complexity index is 1270. The van der Waals surface area contributed by atoms with E-state index in [0.717, 1.165) is 58.2 Å². The van der Waals surface area contributed by atoms with E-state index in [-0.39, 0.29) is 6.17 Å². The number of hydrogen-bond donors (Lipinski definition) is 2. The summed E-state index contributed by atoms with van der Waals surface area (Å²) >= 11 is 1.75. The third-order valence-corrected chi connectivity index (χ3v) is 7.49. The van der Waals surface area contributed by atoms with Gasteiger partial charge in [-0.2, -0.15) is 10.5 Å². The highest BCUT2D eigenvalue weighted by Crippen LogP contribution is 2.38. The number of nitrogens with zero attached hydrogens (tertiary/aromatic N) is 3. The molecule has 2 aromatic heterocycles. The zero-order chi connectivity index (χ0) is 21.5. The molecule has 1 aliphatic heterocycles. The Kier molecular flexibility index (Phi) is 4.81. The van der Waals surface area contributed by atoms with Crippen molar-refractivity contribution in [1.82, 2.24) is 4.57 Å². The van der Waals surface area contributed by atoms with Gasteiger partial charge in [-0.15, -0.1) is 11.3 Å². The molecule has 0 fully saturated rings. The predicted molar refractivity (Wildman–Crippen MR) is 126 cm³/mol. The van der Waals surface area contributed by atoms with Gasteiger partial charge in [0.05, 0.1) is 28.6 Å². The van der Waals surface area contributed by atoms with Crippen molar-refractivity contribution in [3.8, 4) is 17.1 Å². The van der Waals surface area contributed by atoms with E-state index in [1.807, 2.05) is 30.3 Å². The molecule has 2 aliphatic rings. The normalized spacial score (nSPS) is 15.4. The van der Waals surface area contributed by atoms with Crippen LogP contribution in [0.3, 0.4) is 0 Å². The maximum atomic E-state index is 9.90. The average molecular weight is 426 g/mol. The summed E-state index contributed by atoms with van der Waals surface area (Å²) < 4.78 is 2.19. The minimum absolute atomic E-state index is 0.255. The summed E-state index contributed by atoms with van der Waals surface area (Å²) in [6.45, 7) is 4.14. The van der Waals surface area contributed by atoms with E-state index >= 15 is 0 Å². The lowest BCUT2D eigenvalue weighted by Crippen LogP contribution is -2.23. The summed E-state index contributed by atoms with van der Waals surface area (Å²) in [6, 6.07) is 14.9. The minimum atomic E-state index is -0.255. The fourth-order valence-corrected chi connectivity index (χ4v) is 6.11. The highest BCUT2D eigenvalue weighted by atomic mass is 32.1. The number of para-hydroxylation sites is 2. The monoisotopic (exact) mass is 425 g/mol. The zero-order valence-corrected chi connectivity index (χ0v) is 18.4. The first-order valence-corrected chi connectivity index (χ1v) is 11.4. The minimum Gasteiger partial charge on any atom is -0.359 e. The van der Waals surface area contributed by atoms with Crippen LogP contribution in [0.15, 0.2) is 35.9 Å². The fraction of sp³-hybridized carbons (Fsp3) is 0.280. The lowest BCUT2D eigenvalue weighted by atomic mass is 9.96. The smallest absolute Gasteiger partial charge is 0.133 e. The molecule has 154 valence electrons. The summed E-state index contributed by atoms with van der Waals surface area (Å²) in [7, 11) is 0. The molecule has 0 unspecified atom stereocenters. The van der Waals surface area contributed by atoms with Gasteiger partial charge in [0, 0.05) is 16.3 Å². The van der Waals surface area contributed by atoms with E-state index in [1.54, 1.807) is 11.3 Å². The van der Waals surface area contributed by atoms with Crippen LogP contribution < -0.4 is 10.6 Å². The van der Waals surface area contributed by atoms with E-state index < -0.39 is 0 Å². The second kappa shape index (κ2) is 7.65. The largest absolute Gasteiger partial charge is 0.359 e. The summed E-state index contributed by atoms with van der Waals surface area (Å²) in [5.41, 5.74) is 7.83. The molecule has 0 saturated carbocycles. The first-order chi connectivity index (χ1) is 15.1. The molecule has 1 aromatic carbocycles. The summed E-state index contributed by atoms with van der Waals surface area (Å²) in [5, 5.41) is 27.5. The second-order valence-corrected chi connectivity index (χ2v) is 9.23. The first-order valence-electron chi connectivity index (χ1n) is 10.6. The van der Waals surface area contributed by atoms with E-state index in [0.29, 0.717) is 5.57 Å². The molecule has 5 nitrogen and oxygen atoms in total. The zero-order valence-electron chi connectivity index (χ0n) is 17.6. The molecule has 0 atom stereocenters. The summed E-state index contributed by atoms with van der Waals surface area (Å²) in [5.74, 6) is 0. The molecule has 1 aliphatic carbocycles. The van der Waals surface area contributed by atoms with Crippen molar-refractivity contribution in [3.63, 3.8) is 0 Å². The molecule has 0 amide bonds. The van der Waals surface area contributed by atoms with Gasteiger partial charge in [-0.1, -0.05) is 12.1 Å². The number of fused-ring (bicyclic) bond motifs is 2. The van der Waals surface area contributed by atoms with Crippen LogP contribution >= 0.6 is 11.3 Å². The molecule has 0 bridgehead atoms. The standard InChI is InChI=1S/C25H23N5S/c1-15-11-17(12-18(13-26)24-28-21-8-4-5-9-22(21)29-24)16(2)30(15)25-20(14-27)19-7-3-6-10-23(19)31-25/h4-5,8-9,11-12,24,28-29H,3,6-7,10H2,1-2H3. The molecule has 0 spiro atoms. The van der Waals surface area contributed by atoms with Crippen LogP contribution in [0.2, 0.25) is 0 Å². The quantitative estimate of drug-likeness (QED) is 0.530. The van der Waals surface area contributed by atoms with Crippen molar-refractivity contribution in [2.45, 2.75) is 45.7 Å². The van der Waals surface area contributed by atoms with Crippen LogP contribution in [0.25, 0.3) is 11.1 Å². The van der Waals surface area contributed by atoms with Gasteiger partial charge in [-0.05, 0) is 74.9 Å². The molecule has 0 radical (unpaired) electrons. The topological polar surface area (TPSA) is 76.6 Å². The van der Waals surface area contributed by atoms with Crippen LogP contribution in [-0.2, 0) is 12.8 Å². The lowest BCUT2D eigenvalue weighted by molar-refractivity contribution is 0.695. The van der Waals surface area contributed by atoms with E-state index in [2.05, 4.69) is 47.3 Å². The summed E-state index contributed by atoms with van der Waals surface area (Å²) in [4.78, 5) is 1.36.